The van der Waals surface area contributed by atoms with Gasteiger partial charge in [-0.15, -0.1) is 11.3 Å². The summed E-state index contributed by atoms with van der Waals surface area (Å²) >= 11 is 1.42. The molecule has 0 atom stereocenters. The van der Waals surface area contributed by atoms with E-state index < -0.39 is 6.43 Å². The minimum atomic E-state index is -2.34. The van der Waals surface area contributed by atoms with E-state index in [4.69, 9.17) is 4.74 Å². The molecule has 1 aromatic rings. The van der Waals surface area contributed by atoms with Gasteiger partial charge >= 0.3 is 0 Å². The molecule has 0 fully saturated rings. The van der Waals surface area contributed by atoms with Crippen LogP contribution in [0.4, 0.5) is 13.9 Å². The fraction of sp³-hybridized carbons (Fsp3) is 0.700. The first-order valence-electron chi connectivity index (χ1n) is 5.27. The van der Waals surface area contributed by atoms with Crippen LogP contribution in [0.15, 0.2) is 6.20 Å². The van der Waals surface area contributed by atoms with E-state index in [0.29, 0.717) is 18.3 Å². The molecular formula is C10H17F2N3OS. The topological polar surface area (TPSA) is 37.4 Å². The molecule has 1 rings (SSSR count). The number of halogens is 2. The van der Waals surface area contributed by atoms with Crippen molar-refractivity contribution in [3.05, 3.63) is 11.1 Å². The molecular weight excluding hydrogens is 248 g/mol. The Balaban J connectivity index is 2.36. The molecule has 0 aromatic carbocycles. The van der Waals surface area contributed by atoms with Crippen molar-refractivity contribution in [1.82, 2.24) is 10.3 Å². The number of ether oxygens (including phenoxy) is 1. The number of rotatable bonds is 8. The maximum Gasteiger partial charge on any atom is 0.255 e. The van der Waals surface area contributed by atoms with Crippen LogP contribution < -0.4 is 10.2 Å². The van der Waals surface area contributed by atoms with Crippen LogP contribution in [0.3, 0.4) is 0 Å². The molecule has 1 heterocycles. The number of aromatic nitrogens is 1. The summed E-state index contributed by atoms with van der Waals surface area (Å²) in [6, 6.07) is 0. The molecule has 7 heteroatoms. The van der Waals surface area contributed by atoms with E-state index in [2.05, 4.69) is 10.3 Å². The molecule has 98 valence electrons. The zero-order chi connectivity index (χ0) is 12.7. The zero-order valence-corrected chi connectivity index (χ0v) is 10.8. The SMILES string of the molecule is COCCNCc1cnc(N(C)CC(F)F)s1. The fourth-order valence-electron chi connectivity index (χ4n) is 1.23. The van der Waals surface area contributed by atoms with Gasteiger partial charge in [-0.25, -0.2) is 13.8 Å². The Kier molecular flexibility index (Phi) is 6.31. The van der Waals surface area contributed by atoms with Gasteiger partial charge in [-0.2, -0.15) is 0 Å². The number of anilines is 1. The van der Waals surface area contributed by atoms with Crippen molar-refractivity contribution in [2.45, 2.75) is 13.0 Å². The normalized spacial score (nSPS) is 11.1. The number of thiazole rings is 1. The first-order valence-corrected chi connectivity index (χ1v) is 6.08. The summed E-state index contributed by atoms with van der Waals surface area (Å²) in [6.45, 7) is 1.81. The van der Waals surface area contributed by atoms with E-state index >= 15 is 0 Å². The highest BCUT2D eigenvalue weighted by atomic mass is 32.1. The maximum atomic E-state index is 12.2. The van der Waals surface area contributed by atoms with E-state index in [1.54, 1.807) is 20.4 Å². The van der Waals surface area contributed by atoms with Crippen molar-refractivity contribution >= 4 is 16.5 Å². The van der Waals surface area contributed by atoms with Crippen LogP contribution >= 0.6 is 11.3 Å². The Hall–Kier alpha value is -0.790. The molecule has 0 bridgehead atoms. The van der Waals surface area contributed by atoms with E-state index in [1.807, 2.05) is 0 Å². The first-order chi connectivity index (χ1) is 8.13. The van der Waals surface area contributed by atoms with Crippen LogP contribution in [0.25, 0.3) is 0 Å². The van der Waals surface area contributed by atoms with Gasteiger partial charge in [-0.1, -0.05) is 0 Å². The lowest BCUT2D eigenvalue weighted by Gasteiger charge is -2.14. The van der Waals surface area contributed by atoms with E-state index in [-0.39, 0.29) is 6.54 Å². The molecule has 0 saturated heterocycles. The smallest absolute Gasteiger partial charge is 0.255 e. The summed E-state index contributed by atoms with van der Waals surface area (Å²) in [5.74, 6) is 0. The average molecular weight is 265 g/mol. The second-order valence-corrected chi connectivity index (χ2v) is 4.64. The van der Waals surface area contributed by atoms with E-state index in [0.717, 1.165) is 11.4 Å². The van der Waals surface area contributed by atoms with Gasteiger partial charge in [0.25, 0.3) is 6.43 Å². The van der Waals surface area contributed by atoms with Crippen molar-refractivity contribution in [2.75, 3.05) is 38.8 Å². The molecule has 0 aliphatic rings. The summed E-state index contributed by atoms with van der Waals surface area (Å²) < 4.78 is 29.2. The maximum absolute atomic E-state index is 12.2. The van der Waals surface area contributed by atoms with Crippen LogP contribution in [0.2, 0.25) is 0 Å². The largest absolute Gasteiger partial charge is 0.383 e. The third kappa shape index (κ3) is 5.38. The lowest BCUT2D eigenvalue weighted by molar-refractivity contribution is 0.156. The Labute approximate surface area is 104 Å². The van der Waals surface area contributed by atoms with Gasteiger partial charge in [-0.3, -0.25) is 0 Å². The van der Waals surface area contributed by atoms with E-state index in [1.165, 1.54) is 16.2 Å². The molecule has 0 amide bonds. The quantitative estimate of drug-likeness (QED) is 0.724. The second kappa shape index (κ2) is 7.52. The molecule has 0 saturated carbocycles. The predicted molar refractivity (Wildman–Crippen MR) is 65.0 cm³/mol. The van der Waals surface area contributed by atoms with Gasteiger partial charge in [0.05, 0.1) is 13.2 Å². The monoisotopic (exact) mass is 265 g/mol. The summed E-state index contributed by atoms with van der Waals surface area (Å²) in [4.78, 5) is 6.60. The van der Waals surface area contributed by atoms with Crippen molar-refractivity contribution in [1.29, 1.82) is 0 Å². The highest BCUT2D eigenvalue weighted by Crippen LogP contribution is 2.21. The summed E-state index contributed by atoms with van der Waals surface area (Å²) in [5, 5.41) is 3.79. The Morgan fingerprint density at radius 3 is 3.00 bits per heavy atom. The summed E-state index contributed by atoms with van der Waals surface area (Å²) in [5.41, 5.74) is 0. The molecule has 1 aromatic heterocycles. The number of nitrogens with zero attached hydrogens (tertiary/aromatic N) is 2. The average Bonchev–Trinajstić information content (AvgIpc) is 2.72. The van der Waals surface area contributed by atoms with Crippen LogP contribution in [0.5, 0.6) is 0 Å². The first kappa shape index (κ1) is 14.3. The van der Waals surface area contributed by atoms with Crippen molar-refractivity contribution < 1.29 is 13.5 Å². The van der Waals surface area contributed by atoms with Gasteiger partial charge in [0.1, 0.15) is 0 Å². The lowest BCUT2D eigenvalue weighted by Crippen LogP contribution is -2.23. The number of nitrogens with one attached hydrogen (secondary N) is 1. The molecule has 0 aliphatic heterocycles. The van der Waals surface area contributed by atoms with Crippen molar-refractivity contribution in [3.8, 4) is 0 Å². The van der Waals surface area contributed by atoms with Crippen molar-refractivity contribution in [2.24, 2.45) is 0 Å². The van der Waals surface area contributed by atoms with Gasteiger partial charge in [0.2, 0.25) is 0 Å². The van der Waals surface area contributed by atoms with E-state index in [9.17, 15) is 8.78 Å². The zero-order valence-electron chi connectivity index (χ0n) is 9.95. The molecule has 0 spiro atoms. The third-order valence-electron chi connectivity index (χ3n) is 2.06. The van der Waals surface area contributed by atoms with Gasteiger partial charge in [0, 0.05) is 38.3 Å². The number of alkyl halides is 2. The highest BCUT2D eigenvalue weighted by Gasteiger charge is 2.11. The Morgan fingerprint density at radius 1 is 1.59 bits per heavy atom. The van der Waals surface area contributed by atoms with Gasteiger partial charge in [-0.05, 0) is 0 Å². The molecule has 0 radical (unpaired) electrons. The number of hydrogen-bond donors (Lipinski definition) is 1. The van der Waals surface area contributed by atoms with Crippen molar-refractivity contribution in [3.63, 3.8) is 0 Å². The third-order valence-corrected chi connectivity index (χ3v) is 3.17. The molecule has 0 unspecified atom stereocenters. The predicted octanol–water partition coefficient (Wildman–Crippen LogP) is 1.58. The summed E-state index contributed by atoms with van der Waals surface area (Å²) in [6.07, 6.45) is -0.630. The fourth-order valence-corrected chi connectivity index (χ4v) is 2.08. The molecule has 17 heavy (non-hydrogen) atoms. The summed E-state index contributed by atoms with van der Waals surface area (Å²) in [7, 11) is 3.26. The van der Waals surface area contributed by atoms with Crippen LogP contribution in [-0.4, -0.2) is 45.3 Å². The minimum absolute atomic E-state index is 0.288. The number of methoxy groups -OCH3 is 1. The molecule has 1 N–H and O–H groups in total. The Morgan fingerprint density at radius 2 is 2.35 bits per heavy atom. The Bertz CT molecular complexity index is 322. The van der Waals surface area contributed by atoms with Crippen LogP contribution in [0, 0.1) is 0 Å². The second-order valence-electron chi connectivity index (χ2n) is 3.55. The highest BCUT2D eigenvalue weighted by molar-refractivity contribution is 7.15. The molecule has 0 aliphatic carbocycles. The molecule has 4 nitrogen and oxygen atoms in total. The van der Waals surface area contributed by atoms with Crippen LogP contribution in [-0.2, 0) is 11.3 Å². The van der Waals surface area contributed by atoms with Crippen LogP contribution in [0.1, 0.15) is 4.88 Å². The minimum Gasteiger partial charge on any atom is -0.383 e. The van der Waals surface area contributed by atoms with Gasteiger partial charge in [0.15, 0.2) is 5.13 Å². The standard InChI is InChI=1S/C10H17F2N3OS/c1-15(7-9(11)12)10-14-6-8(17-10)5-13-3-4-16-2/h6,9,13H,3-5,7H2,1-2H3. The lowest BCUT2D eigenvalue weighted by atomic mass is 10.5. The number of hydrogen-bond acceptors (Lipinski definition) is 5. The van der Waals surface area contributed by atoms with Gasteiger partial charge < -0.3 is 15.0 Å².